The Bertz CT molecular complexity index is 797. The van der Waals surface area contributed by atoms with Gasteiger partial charge in [0.1, 0.15) is 12.1 Å². The predicted octanol–water partition coefficient (Wildman–Crippen LogP) is 4.04. The van der Waals surface area contributed by atoms with Crippen LogP contribution in [0.5, 0.6) is 0 Å². The zero-order valence-corrected chi connectivity index (χ0v) is 19.4. The number of carbonyl (C=O) groups is 3. The molecule has 31 heavy (non-hydrogen) atoms. The molecular weight excluding hydrogens is 390 g/mol. The van der Waals surface area contributed by atoms with Crippen LogP contribution in [0.2, 0.25) is 0 Å². The van der Waals surface area contributed by atoms with E-state index in [1.165, 1.54) is 5.56 Å². The van der Waals surface area contributed by atoms with E-state index >= 15 is 0 Å². The van der Waals surface area contributed by atoms with Crippen LogP contribution in [-0.2, 0) is 16.0 Å². The van der Waals surface area contributed by atoms with E-state index in [9.17, 15) is 14.4 Å². The van der Waals surface area contributed by atoms with Crippen LogP contribution in [0.1, 0.15) is 71.8 Å². The number of carbonyl (C=O) groups excluding carboxylic acids is 3. The Balaban J connectivity index is 1.51. The molecule has 2 N–H and O–H groups in total. The Morgan fingerprint density at radius 1 is 1.23 bits per heavy atom. The summed E-state index contributed by atoms with van der Waals surface area (Å²) in [6, 6.07) is 9.65. The molecule has 1 atom stereocenters. The van der Waals surface area contributed by atoms with Crippen molar-refractivity contribution in [3.63, 3.8) is 0 Å². The average Bonchev–Trinajstić information content (AvgIpc) is 2.97. The average molecular weight is 428 g/mol. The summed E-state index contributed by atoms with van der Waals surface area (Å²) in [5.74, 6) is 0.0231. The molecule has 1 unspecified atom stereocenters. The number of imide groups is 1. The van der Waals surface area contributed by atoms with Crippen molar-refractivity contribution in [1.82, 2.24) is 15.5 Å². The number of hydrogen-bond donors (Lipinski definition) is 2. The number of aryl methyl sites for hydroxylation is 1. The maximum Gasteiger partial charge on any atom is 0.325 e. The summed E-state index contributed by atoms with van der Waals surface area (Å²) in [6.45, 7) is 8.49. The van der Waals surface area contributed by atoms with Gasteiger partial charge in [-0.2, -0.15) is 0 Å². The number of urea groups is 1. The number of amides is 4. The Kier molecular flexibility index (Phi) is 7.07. The lowest BCUT2D eigenvalue weighted by molar-refractivity contribution is -0.136. The molecule has 0 radical (unpaired) electrons. The molecule has 1 saturated carbocycles. The fourth-order valence-corrected chi connectivity index (χ4v) is 4.90. The molecule has 1 heterocycles. The van der Waals surface area contributed by atoms with Gasteiger partial charge in [0.15, 0.2) is 0 Å². The molecule has 1 spiro atoms. The van der Waals surface area contributed by atoms with Gasteiger partial charge in [-0.15, -0.1) is 0 Å². The zero-order valence-electron chi connectivity index (χ0n) is 19.4. The van der Waals surface area contributed by atoms with Crippen LogP contribution in [0.4, 0.5) is 4.79 Å². The van der Waals surface area contributed by atoms with Gasteiger partial charge in [0.05, 0.1) is 0 Å². The van der Waals surface area contributed by atoms with Gasteiger partial charge >= 0.3 is 6.03 Å². The molecular formula is C25H37N3O3. The molecule has 2 fully saturated rings. The SMILES string of the molecule is CCC(C)(C)C1CCC2(CC1)NC(=O)N(CC(=O)NC(C)CCc1ccccc1)C2=O. The van der Waals surface area contributed by atoms with Crippen LogP contribution in [-0.4, -0.2) is 40.9 Å². The highest BCUT2D eigenvalue weighted by Crippen LogP contribution is 2.45. The highest BCUT2D eigenvalue weighted by molar-refractivity contribution is 6.09. The van der Waals surface area contributed by atoms with E-state index in [4.69, 9.17) is 0 Å². The number of nitrogens with one attached hydrogen (secondary N) is 2. The van der Waals surface area contributed by atoms with Crippen molar-refractivity contribution >= 4 is 17.8 Å². The lowest BCUT2D eigenvalue weighted by Crippen LogP contribution is -2.51. The summed E-state index contributed by atoms with van der Waals surface area (Å²) in [5.41, 5.74) is 0.640. The molecule has 0 aromatic heterocycles. The highest BCUT2D eigenvalue weighted by Gasteiger charge is 2.53. The van der Waals surface area contributed by atoms with Crippen LogP contribution in [0.15, 0.2) is 30.3 Å². The van der Waals surface area contributed by atoms with Crippen LogP contribution in [0, 0.1) is 11.3 Å². The third-order valence-corrected chi connectivity index (χ3v) is 7.52. The minimum atomic E-state index is -0.823. The standard InChI is InChI=1S/C25H37N3O3/c1-5-24(3,4)20-13-15-25(16-14-20)22(30)28(23(31)27-25)17-21(29)26-18(2)11-12-19-9-7-6-8-10-19/h6-10,18,20H,5,11-17H2,1-4H3,(H,26,29)(H,27,31). The predicted molar refractivity (Wildman–Crippen MR) is 121 cm³/mol. The Morgan fingerprint density at radius 3 is 2.48 bits per heavy atom. The van der Waals surface area contributed by atoms with E-state index in [2.05, 4.69) is 43.5 Å². The summed E-state index contributed by atoms with van der Waals surface area (Å²) >= 11 is 0. The smallest absolute Gasteiger partial charge is 0.325 e. The summed E-state index contributed by atoms with van der Waals surface area (Å²) < 4.78 is 0. The van der Waals surface area contributed by atoms with Crippen LogP contribution >= 0.6 is 0 Å². The van der Waals surface area contributed by atoms with E-state index in [0.29, 0.717) is 18.8 Å². The summed E-state index contributed by atoms with van der Waals surface area (Å²) in [6.07, 6.45) is 5.90. The number of hydrogen-bond acceptors (Lipinski definition) is 3. The van der Waals surface area contributed by atoms with Crippen molar-refractivity contribution < 1.29 is 14.4 Å². The van der Waals surface area contributed by atoms with Crippen molar-refractivity contribution in [3.8, 4) is 0 Å². The minimum absolute atomic E-state index is 0.0332. The number of nitrogens with zero attached hydrogens (tertiary/aromatic N) is 1. The number of rotatable bonds is 8. The highest BCUT2D eigenvalue weighted by atomic mass is 16.2. The van der Waals surface area contributed by atoms with Crippen LogP contribution < -0.4 is 10.6 Å². The van der Waals surface area contributed by atoms with Crippen molar-refractivity contribution in [2.45, 2.75) is 84.2 Å². The van der Waals surface area contributed by atoms with Crippen molar-refractivity contribution in [3.05, 3.63) is 35.9 Å². The van der Waals surface area contributed by atoms with Gasteiger partial charge in [-0.1, -0.05) is 57.5 Å². The maximum absolute atomic E-state index is 13.1. The van der Waals surface area contributed by atoms with E-state index in [0.717, 1.165) is 37.0 Å². The molecule has 1 aromatic rings. The van der Waals surface area contributed by atoms with Crippen molar-refractivity contribution in [2.24, 2.45) is 11.3 Å². The third kappa shape index (κ3) is 5.28. The van der Waals surface area contributed by atoms with E-state index in [1.54, 1.807) is 0 Å². The molecule has 1 saturated heterocycles. The first-order chi connectivity index (χ1) is 14.7. The van der Waals surface area contributed by atoms with E-state index < -0.39 is 11.6 Å². The van der Waals surface area contributed by atoms with Gasteiger partial charge in [0.2, 0.25) is 5.91 Å². The molecule has 1 aliphatic carbocycles. The molecule has 0 bridgehead atoms. The van der Waals surface area contributed by atoms with Crippen LogP contribution in [0.3, 0.4) is 0 Å². The van der Waals surface area contributed by atoms with E-state index in [-0.39, 0.29) is 29.8 Å². The second-order valence-electron chi connectivity index (χ2n) is 10.0. The third-order valence-electron chi connectivity index (χ3n) is 7.52. The van der Waals surface area contributed by atoms with Crippen molar-refractivity contribution in [2.75, 3.05) is 6.54 Å². The Hall–Kier alpha value is -2.37. The topological polar surface area (TPSA) is 78.5 Å². The van der Waals surface area contributed by atoms with Gasteiger partial charge in [-0.25, -0.2) is 4.79 Å². The lowest BCUT2D eigenvalue weighted by Gasteiger charge is -2.42. The molecule has 6 nitrogen and oxygen atoms in total. The first kappa shape index (κ1) is 23.3. The number of benzene rings is 1. The summed E-state index contributed by atoms with van der Waals surface area (Å²) in [5, 5.41) is 5.85. The lowest BCUT2D eigenvalue weighted by atomic mass is 9.65. The molecule has 1 aliphatic heterocycles. The van der Waals surface area contributed by atoms with E-state index in [1.807, 2.05) is 25.1 Å². The van der Waals surface area contributed by atoms with Gasteiger partial charge < -0.3 is 10.6 Å². The quantitative estimate of drug-likeness (QED) is 0.615. The minimum Gasteiger partial charge on any atom is -0.352 e. The normalized spacial score (nSPS) is 24.9. The molecule has 170 valence electrons. The molecule has 4 amide bonds. The molecule has 3 rings (SSSR count). The largest absolute Gasteiger partial charge is 0.352 e. The monoisotopic (exact) mass is 427 g/mol. The van der Waals surface area contributed by atoms with Gasteiger partial charge in [-0.05, 0) is 62.3 Å². The molecule has 1 aromatic carbocycles. The first-order valence-corrected chi connectivity index (χ1v) is 11.6. The van der Waals surface area contributed by atoms with Gasteiger partial charge in [0.25, 0.3) is 5.91 Å². The summed E-state index contributed by atoms with van der Waals surface area (Å²) in [4.78, 5) is 39.3. The summed E-state index contributed by atoms with van der Waals surface area (Å²) in [7, 11) is 0. The fourth-order valence-electron chi connectivity index (χ4n) is 4.90. The van der Waals surface area contributed by atoms with Gasteiger partial charge in [0, 0.05) is 6.04 Å². The molecule has 6 heteroatoms. The Labute approximate surface area is 186 Å². The molecule has 2 aliphatic rings. The maximum atomic E-state index is 13.1. The van der Waals surface area contributed by atoms with Gasteiger partial charge in [-0.3, -0.25) is 14.5 Å². The van der Waals surface area contributed by atoms with Crippen LogP contribution in [0.25, 0.3) is 0 Å². The second-order valence-corrected chi connectivity index (χ2v) is 10.0. The first-order valence-electron chi connectivity index (χ1n) is 11.6. The Morgan fingerprint density at radius 2 is 1.87 bits per heavy atom. The van der Waals surface area contributed by atoms with Crippen molar-refractivity contribution in [1.29, 1.82) is 0 Å². The zero-order chi connectivity index (χ0) is 22.6. The second kappa shape index (κ2) is 9.41. The fraction of sp³-hybridized carbons (Fsp3) is 0.640.